The molecule has 0 radical (unpaired) electrons. The van der Waals surface area contributed by atoms with Gasteiger partial charge in [-0.1, -0.05) is 18.2 Å². The molecule has 0 aliphatic carbocycles. The van der Waals surface area contributed by atoms with Gasteiger partial charge in [-0.15, -0.1) is 0 Å². The number of benzene rings is 2. The van der Waals surface area contributed by atoms with Crippen LogP contribution >= 0.6 is 0 Å². The molecule has 4 nitrogen and oxygen atoms in total. The third-order valence-corrected chi connectivity index (χ3v) is 6.14. The van der Waals surface area contributed by atoms with Gasteiger partial charge in [0.15, 0.2) is 0 Å². The average Bonchev–Trinajstić information content (AvgIpc) is 3.20. The monoisotopic (exact) mass is 463 g/mol. The highest BCUT2D eigenvalue weighted by Crippen LogP contribution is 2.32. The van der Waals surface area contributed by atoms with Crippen molar-refractivity contribution in [2.45, 2.75) is 30.3 Å². The van der Waals surface area contributed by atoms with Gasteiger partial charge in [-0.3, -0.25) is 0 Å². The summed E-state index contributed by atoms with van der Waals surface area (Å²) in [5.41, 5.74) is -1.83. The molecular formula is C20H15F6NO3S. The molecule has 0 spiro atoms. The van der Waals surface area contributed by atoms with Gasteiger partial charge in [-0.2, -0.15) is 30.6 Å². The molecule has 1 heterocycles. The Morgan fingerprint density at radius 2 is 1.42 bits per heavy atom. The Morgan fingerprint density at radius 1 is 0.774 bits per heavy atom. The quantitative estimate of drug-likeness (QED) is 0.440. The van der Waals surface area contributed by atoms with E-state index in [4.69, 9.17) is 4.42 Å². The number of rotatable bonds is 6. The van der Waals surface area contributed by atoms with Gasteiger partial charge in [-0.05, 0) is 48.0 Å². The highest BCUT2D eigenvalue weighted by molar-refractivity contribution is 7.89. The standard InChI is InChI=1S/C20H15F6NO3S/c21-19(22,23)15-8-6-14(7-9-15)12-27(13-17-4-2-10-30-17)31(28,29)18-5-1-3-16(11-18)20(24,25)26/h1-11H,12-13H2. The predicted molar refractivity (Wildman–Crippen MR) is 98.0 cm³/mol. The van der Waals surface area contributed by atoms with Gasteiger partial charge in [0.2, 0.25) is 10.0 Å². The summed E-state index contributed by atoms with van der Waals surface area (Å²) in [6.07, 6.45) is -8.01. The van der Waals surface area contributed by atoms with Crippen LogP contribution in [0.15, 0.2) is 76.2 Å². The van der Waals surface area contributed by atoms with Crippen molar-refractivity contribution in [2.75, 3.05) is 0 Å². The summed E-state index contributed by atoms with van der Waals surface area (Å²) in [6, 6.07) is 10.0. The molecule has 0 N–H and O–H groups in total. The number of halogens is 6. The van der Waals surface area contributed by atoms with Crippen LogP contribution in [-0.2, 0) is 35.5 Å². The molecule has 0 saturated heterocycles. The molecule has 0 aliphatic rings. The first-order valence-electron chi connectivity index (χ1n) is 8.73. The molecule has 31 heavy (non-hydrogen) atoms. The lowest BCUT2D eigenvalue weighted by Crippen LogP contribution is -2.30. The first-order chi connectivity index (χ1) is 14.4. The van der Waals surface area contributed by atoms with Crippen LogP contribution in [0, 0.1) is 0 Å². The maximum absolute atomic E-state index is 13.1. The highest BCUT2D eigenvalue weighted by Gasteiger charge is 2.34. The van der Waals surface area contributed by atoms with Crippen LogP contribution in [0.2, 0.25) is 0 Å². The van der Waals surface area contributed by atoms with E-state index in [2.05, 4.69) is 0 Å². The summed E-state index contributed by atoms with van der Waals surface area (Å²) in [6.45, 7) is -0.704. The minimum atomic E-state index is -4.75. The summed E-state index contributed by atoms with van der Waals surface area (Å²) < 4.78 is 110. The second kappa shape index (κ2) is 8.39. The van der Waals surface area contributed by atoms with Crippen molar-refractivity contribution in [3.8, 4) is 0 Å². The molecule has 1 aromatic heterocycles. The Kier molecular flexibility index (Phi) is 6.19. The third kappa shape index (κ3) is 5.47. The van der Waals surface area contributed by atoms with E-state index in [-0.39, 0.29) is 24.4 Å². The maximum Gasteiger partial charge on any atom is 0.416 e. The third-order valence-electron chi connectivity index (χ3n) is 4.35. The van der Waals surface area contributed by atoms with Gasteiger partial charge in [0.1, 0.15) is 5.76 Å². The Bertz CT molecular complexity index is 1120. The normalized spacial score (nSPS) is 13.0. The SMILES string of the molecule is O=S(=O)(c1cccc(C(F)(F)F)c1)N(Cc1ccc(C(F)(F)F)cc1)Cc1ccco1. The average molecular weight is 463 g/mol. The lowest BCUT2D eigenvalue weighted by atomic mass is 10.1. The van der Waals surface area contributed by atoms with Crippen LogP contribution in [0.25, 0.3) is 0 Å². The Morgan fingerprint density at radius 3 is 1.97 bits per heavy atom. The molecule has 3 rings (SSSR count). The zero-order chi connectivity index (χ0) is 22.9. The topological polar surface area (TPSA) is 50.5 Å². The van der Waals surface area contributed by atoms with Crippen molar-refractivity contribution in [3.63, 3.8) is 0 Å². The van der Waals surface area contributed by atoms with Gasteiger partial charge in [0, 0.05) is 6.54 Å². The molecule has 0 amide bonds. The van der Waals surface area contributed by atoms with Crippen LogP contribution in [0.4, 0.5) is 26.3 Å². The van der Waals surface area contributed by atoms with Crippen molar-refractivity contribution < 1.29 is 39.2 Å². The molecule has 11 heteroatoms. The molecule has 0 fully saturated rings. The van der Waals surface area contributed by atoms with Crippen molar-refractivity contribution in [1.82, 2.24) is 4.31 Å². The zero-order valence-corrected chi connectivity index (χ0v) is 16.4. The molecule has 166 valence electrons. The van der Waals surface area contributed by atoms with Crippen LogP contribution in [0.5, 0.6) is 0 Å². The molecule has 0 aliphatic heterocycles. The summed E-state index contributed by atoms with van der Waals surface area (Å²) in [4.78, 5) is -0.596. The van der Waals surface area contributed by atoms with E-state index in [1.165, 1.54) is 18.4 Å². The van der Waals surface area contributed by atoms with Crippen LogP contribution in [0.1, 0.15) is 22.5 Å². The van der Waals surface area contributed by atoms with Gasteiger partial charge in [-0.25, -0.2) is 8.42 Å². The van der Waals surface area contributed by atoms with Gasteiger partial charge < -0.3 is 4.42 Å². The lowest BCUT2D eigenvalue weighted by Gasteiger charge is -2.22. The Balaban J connectivity index is 1.97. The summed E-state index contributed by atoms with van der Waals surface area (Å²) in [5, 5.41) is 0. The molecule has 2 aromatic carbocycles. The van der Waals surface area contributed by atoms with Crippen LogP contribution in [-0.4, -0.2) is 12.7 Å². The fourth-order valence-corrected chi connectivity index (χ4v) is 4.23. The predicted octanol–water partition coefficient (Wildman–Crippen LogP) is 5.71. The van der Waals surface area contributed by atoms with Crippen molar-refractivity contribution >= 4 is 10.0 Å². The Hall–Kier alpha value is -2.79. The first kappa shape index (κ1) is 22.9. The van der Waals surface area contributed by atoms with Crippen LogP contribution < -0.4 is 0 Å². The number of furan rings is 1. The minimum absolute atomic E-state index is 0.211. The van der Waals surface area contributed by atoms with E-state index in [1.807, 2.05) is 0 Å². The van der Waals surface area contributed by atoms with Gasteiger partial charge in [0.05, 0.1) is 28.8 Å². The molecule has 0 saturated carbocycles. The second-order valence-electron chi connectivity index (χ2n) is 6.57. The van der Waals surface area contributed by atoms with Gasteiger partial charge in [0.25, 0.3) is 0 Å². The second-order valence-corrected chi connectivity index (χ2v) is 8.51. The summed E-state index contributed by atoms with van der Waals surface area (Å²) in [7, 11) is -4.45. The Labute approximate surface area is 173 Å². The zero-order valence-electron chi connectivity index (χ0n) is 15.6. The van der Waals surface area contributed by atoms with E-state index in [9.17, 15) is 34.8 Å². The molecule has 3 aromatic rings. The molecule has 0 bridgehead atoms. The van der Waals surface area contributed by atoms with E-state index in [0.717, 1.165) is 46.8 Å². The van der Waals surface area contributed by atoms with E-state index in [0.29, 0.717) is 6.07 Å². The smallest absolute Gasteiger partial charge is 0.416 e. The van der Waals surface area contributed by atoms with Crippen molar-refractivity contribution in [3.05, 3.63) is 89.4 Å². The lowest BCUT2D eigenvalue weighted by molar-refractivity contribution is -0.138. The molecule has 0 unspecified atom stereocenters. The molecular weight excluding hydrogens is 448 g/mol. The number of alkyl halides is 6. The van der Waals surface area contributed by atoms with E-state index < -0.39 is 38.4 Å². The number of hydrogen-bond acceptors (Lipinski definition) is 3. The fraction of sp³-hybridized carbons (Fsp3) is 0.200. The fourth-order valence-electron chi connectivity index (χ4n) is 2.79. The maximum atomic E-state index is 13.1. The van der Waals surface area contributed by atoms with Crippen molar-refractivity contribution in [1.29, 1.82) is 0 Å². The summed E-state index contributed by atoms with van der Waals surface area (Å²) >= 11 is 0. The largest absolute Gasteiger partial charge is 0.468 e. The summed E-state index contributed by atoms with van der Waals surface area (Å²) in [5.74, 6) is 0.211. The first-order valence-corrected chi connectivity index (χ1v) is 10.2. The van der Waals surface area contributed by atoms with E-state index >= 15 is 0 Å². The molecule has 0 atom stereocenters. The number of sulfonamides is 1. The van der Waals surface area contributed by atoms with Gasteiger partial charge >= 0.3 is 12.4 Å². The van der Waals surface area contributed by atoms with Crippen LogP contribution in [0.3, 0.4) is 0 Å². The highest BCUT2D eigenvalue weighted by atomic mass is 32.2. The number of nitrogens with zero attached hydrogens (tertiary/aromatic N) is 1. The van der Waals surface area contributed by atoms with Crippen molar-refractivity contribution in [2.24, 2.45) is 0 Å². The van der Waals surface area contributed by atoms with E-state index in [1.54, 1.807) is 0 Å². The number of hydrogen-bond donors (Lipinski definition) is 0. The minimum Gasteiger partial charge on any atom is -0.468 e.